The minimum absolute atomic E-state index is 0.0239. The van der Waals surface area contributed by atoms with E-state index >= 15 is 0 Å². The minimum atomic E-state index is -0.974. The molecule has 0 saturated carbocycles. The van der Waals surface area contributed by atoms with Crippen LogP contribution in [-0.2, 0) is 17.4 Å². The summed E-state index contributed by atoms with van der Waals surface area (Å²) < 4.78 is 12.9. The van der Waals surface area contributed by atoms with Gasteiger partial charge in [0.25, 0.3) is 5.69 Å². The van der Waals surface area contributed by atoms with E-state index in [9.17, 15) is 14.9 Å². The Labute approximate surface area is 252 Å². The Bertz CT molecular complexity index is 1820. The van der Waals surface area contributed by atoms with Gasteiger partial charge in [0.1, 0.15) is 11.3 Å². The van der Waals surface area contributed by atoms with Crippen molar-refractivity contribution < 1.29 is 14.1 Å². The van der Waals surface area contributed by atoms with Crippen molar-refractivity contribution in [3.63, 3.8) is 0 Å². The molecule has 6 rings (SSSR count). The van der Waals surface area contributed by atoms with Crippen LogP contribution in [0.5, 0.6) is 5.75 Å². The van der Waals surface area contributed by atoms with Gasteiger partial charge in [0.15, 0.2) is 5.62 Å². The van der Waals surface area contributed by atoms with Gasteiger partial charge in [0.2, 0.25) is 7.28 Å². The average Bonchev–Trinajstić information content (AvgIpc) is 3.14. The van der Waals surface area contributed by atoms with Crippen LogP contribution in [0.3, 0.4) is 0 Å². The van der Waals surface area contributed by atoms with E-state index in [1.165, 1.54) is 11.6 Å². The number of benzene rings is 3. The van der Waals surface area contributed by atoms with Crippen LogP contribution in [0.25, 0.3) is 11.0 Å². The van der Waals surface area contributed by atoms with Gasteiger partial charge in [0, 0.05) is 71.0 Å². The van der Waals surface area contributed by atoms with Crippen LogP contribution in [0.15, 0.2) is 69.9 Å². The smallest absolute Gasteiger partial charge is 0.330 e. The third-order valence-electron chi connectivity index (χ3n) is 9.45. The lowest BCUT2D eigenvalue weighted by molar-refractivity contribution is -0.385. The molecular weight excluding hydrogens is 541 g/mol. The highest BCUT2D eigenvalue weighted by Crippen LogP contribution is 2.55. The number of anilines is 2. The topological polar surface area (TPSA) is 89.1 Å². The summed E-state index contributed by atoms with van der Waals surface area (Å²) in [4.78, 5) is 29.2. The summed E-state index contributed by atoms with van der Waals surface area (Å²) in [7, 11) is 0.270. The molecule has 0 radical (unpaired) electrons. The Kier molecular flexibility index (Phi) is 6.64. The van der Waals surface area contributed by atoms with Crippen molar-refractivity contribution in [2.75, 3.05) is 22.9 Å². The third-order valence-corrected chi connectivity index (χ3v) is 9.45. The minimum Gasteiger partial charge on any atom is -0.474 e. The van der Waals surface area contributed by atoms with E-state index in [1.54, 1.807) is 12.1 Å². The van der Waals surface area contributed by atoms with E-state index in [4.69, 9.17) is 9.15 Å². The monoisotopic (exact) mass is 579 g/mol. The second-order valence-electron chi connectivity index (χ2n) is 13.3. The van der Waals surface area contributed by atoms with Gasteiger partial charge >= 0.3 is 5.63 Å². The van der Waals surface area contributed by atoms with Crippen molar-refractivity contribution in [1.82, 2.24) is 0 Å². The largest absolute Gasteiger partial charge is 0.474 e. The molecule has 3 heterocycles. The molecule has 0 bridgehead atoms. The van der Waals surface area contributed by atoms with E-state index in [0.717, 1.165) is 41.0 Å². The Hall–Kier alpha value is -4.27. The lowest BCUT2D eigenvalue weighted by atomic mass is 9.51. The van der Waals surface area contributed by atoms with Crippen molar-refractivity contribution in [3.8, 4) is 5.75 Å². The summed E-state index contributed by atoms with van der Waals surface area (Å²) in [6.45, 7) is 17.2. The second kappa shape index (κ2) is 9.90. The first-order valence-corrected chi connectivity index (χ1v) is 15.0. The maximum absolute atomic E-state index is 13.6. The molecule has 9 heteroatoms. The van der Waals surface area contributed by atoms with Crippen LogP contribution in [0.1, 0.15) is 65.2 Å². The van der Waals surface area contributed by atoms with Gasteiger partial charge in [-0.1, -0.05) is 46.8 Å². The highest BCUT2D eigenvalue weighted by molar-refractivity contribution is 6.58. The summed E-state index contributed by atoms with van der Waals surface area (Å²) in [5.41, 5.74) is 4.20. The molecule has 0 amide bonds. The van der Waals surface area contributed by atoms with Gasteiger partial charge in [-0.05, 0) is 60.7 Å². The summed E-state index contributed by atoms with van der Waals surface area (Å²) >= 11 is 0. The van der Waals surface area contributed by atoms with Crippen LogP contribution < -0.4 is 25.6 Å². The third kappa shape index (κ3) is 4.48. The second-order valence-corrected chi connectivity index (χ2v) is 13.3. The van der Waals surface area contributed by atoms with Gasteiger partial charge < -0.3 is 19.0 Å². The SMILES string of the molecule is CCN(CC)c1ccc2cc(BC34Oc5ccc([N+](=O)[O-])cc5CN3c3ccc(C(C)(C)C)cc3C4(C)C)c(=O)oc2c1. The van der Waals surface area contributed by atoms with Crippen molar-refractivity contribution in [2.24, 2.45) is 0 Å². The molecule has 1 aromatic heterocycles. The van der Waals surface area contributed by atoms with Gasteiger partial charge in [-0.15, -0.1) is 0 Å². The number of hydrogen-bond donors (Lipinski definition) is 0. The first-order chi connectivity index (χ1) is 20.3. The molecule has 4 aromatic rings. The van der Waals surface area contributed by atoms with E-state index in [2.05, 4.69) is 82.5 Å². The molecular formula is C34H38BN3O5. The molecule has 0 spiro atoms. The molecule has 0 fully saturated rings. The standard InChI is InChI=1S/C34H38BN3O5/c1-8-36(9-2)24-12-10-21-17-27(31(39)42-30(21)19-24)35-34-33(6,7)26-18-23(32(3,4)5)11-14-28(26)37(34)20-22-16-25(38(40)41)13-15-29(22)43-34/h10-19,35H,8-9,20H2,1-7H3. The number of nitrogens with zero attached hydrogens (tertiary/aromatic N) is 3. The Morgan fingerprint density at radius 2 is 1.77 bits per heavy atom. The number of nitro benzene ring substituents is 1. The summed E-state index contributed by atoms with van der Waals surface area (Å²) in [5.74, 6) is 0.591. The van der Waals surface area contributed by atoms with E-state index in [1.807, 2.05) is 18.2 Å². The van der Waals surface area contributed by atoms with E-state index in [-0.39, 0.29) is 23.3 Å². The zero-order valence-corrected chi connectivity index (χ0v) is 26.0. The predicted octanol–water partition coefficient (Wildman–Crippen LogP) is 5.95. The number of rotatable bonds is 6. The quantitative estimate of drug-likeness (QED) is 0.121. The fraction of sp³-hybridized carbons (Fsp3) is 0.382. The highest BCUT2D eigenvalue weighted by atomic mass is 16.6. The van der Waals surface area contributed by atoms with Gasteiger partial charge in [-0.3, -0.25) is 10.1 Å². The Morgan fingerprint density at radius 3 is 2.44 bits per heavy atom. The summed E-state index contributed by atoms with van der Waals surface area (Å²) in [5, 5.41) is 12.4. The van der Waals surface area contributed by atoms with E-state index in [0.29, 0.717) is 23.3 Å². The molecule has 8 nitrogen and oxygen atoms in total. The van der Waals surface area contributed by atoms with Crippen molar-refractivity contribution >= 4 is 40.8 Å². The molecule has 0 aliphatic carbocycles. The zero-order valence-electron chi connectivity index (χ0n) is 26.0. The molecule has 0 N–H and O–H groups in total. The highest BCUT2D eigenvalue weighted by Gasteiger charge is 2.61. The normalized spacial score (nSPS) is 18.4. The summed E-state index contributed by atoms with van der Waals surface area (Å²) in [6, 6.07) is 19.2. The number of fused-ring (bicyclic) bond motifs is 5. The van der Waals surface area contributed by atoms with E-state index < -0.39 is 16.7 Å². The van der Waals surface area contributed by atoms with Crippen molar-refractivity contribution in [2.45, 2.75) is 71.5 Å². The number of nitro groups is 1. The lowest BCUT2D eigenvalue weighted by Crippen LogP contribution is -2.69. The van der Waals surface area contributed by atoms with Gasteiger partial charge in [0.05, 0.1) is 4.92 Å². The molecule has 3 aromatic carbocycles. The van der Waals surface area contributed by atoms with Crippen LogP contribution in [0.4, 0.5) is 17.1 Å². The maximum atomic E-state index is 13.6. The van der Waals surface area contributed by atoms with Crippen molar-refractivity contribution in [3.05, 3.63) is 97.9 Å². The maximum Gasteiger partial charge on any atom is 0.330 e. The molecule has 2 aliphatic rings. The Morgan fingerprint density at radius 1 is 1.02 bits per heavy atom. The molecule has 1 unspecified atom stereocenters. The number of ether oxygens (including phenoxy) is 1. The molecule has 1 atom stereocenters. The van der Waals surface area contributed by atoms with Crippen LogP contribution in [0.2, 0.25) is 0 Å². The number of non-ortho nitro benzene ring substituents is 1. The van der Waals surface area contributed by atoms with Crippen LogP contribution in [0, 0.1) is 10.1 Å². The predicted molar refractivity (Wildman–Crippen MR) is 174 cm³/mol. The Balaban J connectivity index is 1.51. The summed E-state index contributed by atoms with van der Waals surface area (Å²) in [6.07, 6.45) is 0. The lowest BCUT2D eigenvalue weighted by Gasteiger charge is -2.50. The first-order valence-electron chi connectivity index (χ1n) is 15.0. The fourth-order valence-corrected chi connectivity index (χ4v) is 6.79. The zero-order chi connectivity index (χ0) is 30.9. The number of hydrogen-bond acceptors (Lipinski definition) is 7. The molecule has 0 saturated heterocycles. The first kappa shape index (κ1) is 28.8. The molecule has 43 heavy (non-hydrogen) atoms. The molecule has 2 aliphatic heterocycles. The average molecular weight is 580 g/mol. The van der Waals surface area contributed by atoms with Gasteiger partial charge in [-0.2, -0.15) is 0 Å². The fourth-order valence-electron chi connectivity index (χ4n) is 6.79. The molecule has 222 valence electrons. The van der Waals surface area contributed by atoms with Gasteiger partial charge in [-0.25, -0.2) is 4.79 Å². The van der Waals surface area contributed by atoms with Crippen molar-refractivity contribution in [1.29, 1.82) is 0 Å². The van der Waals surface area contributed by atoms with Crippen LogP contribution in [-0.4, -0.2) is 30.9 Å². The van der Waals surface area contributed by atoms with Crippen LogP contribution >= 0.6 is 0 Å².